The Kier molecular flexibility index (Phi) is 5.76. The molecular formula is C24H21N5O3S2. The van der Waals surface area contributed by atoms with Crippen LogP contribution in [-0.2, 0) is 11.3 Å². The first-order valence-electron chi connectivity index (χ1n) is 10.5. The number of carbonyl (C=O) groups excluding carboxylic acids is 1. The van der Waals surface area contributed by atoms with Gasteiger partial charge in [0.1, 0.15) is 17.1 Å². The standard InChI is InChI=1S/C24H21N5O3S2/c1-14-10-19(15(2)29(14)16-4-6-17(32-3)7-5-16)20-12-34-24(26-20)27-21(30)11-28-13-25-22-18(23(28)31)8-9-33-22/h4-10,12-13H,11H2,1-3H3,(H,26,27,30). The minimum absolute atomic E-state index is 0.126. The van der Waals surface area contributed by atoms with Crippen molar-refractivity contribution in [3.05, 3.63) is 75.2 Å². The number of nitrogens with one attached hydrogen (secondary N) is 1. The quantitative estimate of drug-likeness (QED) is 0.374. The predicted molar refractivity (Wildman–Crippen MR) is 135 cm³/mol. The molecule has 0 fully saturated rings. The zero-order valence-electron chi connectivity index (χ0n) is 18.7. The molecule has 0 radical (unpaired) electrons. The number of thiazole rings is 1. The highest BCUT2D eigenvalue weighted by atomic mass is 32.1. The summed E-state index contributed by atoms with van der Waals surface area (Å²) in [5.74, 6) is 0.475. The van der Waals surface area contributed by atoms with E-state index in [0.717, 1.165) is 34.1 Å². The third-order valence-electron chi connectivity index (χ3n) is 5.55. The van der Waals surface area contributed by atoms with Gasteiger partial charge in [-0.25, -0.2) is 9.97 Å². The Balaban J connectivity index is 1.35. The van der Waals surface area contributed by atoms with Crippen LogP contribution >= 0.6 is 22.7 Å². The maximum absolute atomic E-state index is 12.6. The van der Waals surface area contributed by atoms with E-state index in [4.69, 9.17) is 4.74 Å². The average Bonchev–Trinajstić information content (AvgIpc) is 3.55. The summed E-state index contributed by atoms with van der Waals surface area (Å²) in [4.78, 5) is 34.6. The zero-order chi connectivity index (χ0) is 23.8. The van der Waals surface area contributed by atoms with E-state index in [1.54, 1.807) is 13.2 Å². The number of ether oxygens (including phenoxy) is 1. The third-order valence-corrected chi connectivity index (χ3v) is 7.13. The maximum Gasteiger partial charge on any atom is 0.262 e. The summed E-state index contributed by atoms with van der Waals surface area (Å²) < 4.78 is 8.73. The number of anilines is 1. The molecule has 0 spiro atoms. The van der Waals surface area contributed by atoms with Crippen LogP contribution in [0.2, 0.25) is 0 Å². The number of carbonyl (C=O) groups is 1. The van der Waals surface area contributed by atoms with E-state index in [-0.39, 0.29) is 18.0 Å². The average molecular weight is 492 g/mol. The van der Waals surface area contributed by atoms with E-state index in [0.29, 0.717) is 15.3 Å². The Morgan fingerprint density at radius 3 is 2.71 bits per heavy atom. The summed E-state index contributed by atoms with van der Waals surface area (Å²) in [5.41, 5.74) is 4.71. The first-order chi connectivity index (χ1) is 16.4. The van der Waals surface area contributed by atoms with Gasteiger partial charge < -0.3 is 14.6 Å². The molecule has 4 aromatic heterocycles. The van der Waals surface area contributed by atoms with Crippen LogP contribution in [0, 0.1) is 13.8 Å². The van der Waals surface area contributed by atoms with Crippen LogP contribution in [0.1, 0.15) is 11.4 Å². The molecule has 0 aliphatic rings. The molecule has 1 aromatic carbocycles. The highest BCUT2D eigenvalue weighted by Crippen LogP contribution is 2.32. The van der Waals surface area contributed by atoms with Crippen molar-refractivity contribution in [3.8, 4) is 22.7 Å². The topological polar surface area (TPSA) is 91.0 Å². The highest BCUT2D eigenvalue weighted by molar-refractivity contribution is 7.16. The molecule has 5 rings (SSSR count). The van der Waals surface area contributed by atoms with Crippen molar-refractivity contribution < 1.29 is 9.53 Å². The number of aryl methyl sites for hydroxylation is 1. The summed E-state index contributed by atoms with van der Waals surface area (Å²) in [6, 6.07) is 11.7. The van der Waals surface area contributed by atoms with Crippen LogP contribution in [0.15, 0.2) is 58.3 Å². The summed E-state index contributed by atoms with van der Waals surface area (Å²) >= 11 is 2.74. The molecule has 0 saturated carbocycles. The number of amides is 1. The van der Waals surface area contributed by atoms with Crippen molar-refractivity contribution in [2.45, 2.75) is 20.4 Å². The first kappa shape index (κ1) is 22.1. The van der Waals surface area contributed by atoms with E-state index in [1.165, 1.54) is 33.6 Å². The number of fused-ring (bicyclic) bond motifs is 1. The van der Waals surface area contributed by atoms with Gasteiger partial charge in [-0.15, -0.1) is 22.7 Å². The van der Waals surface area contributed by atoms with E-state index in [1.807, 2.05) is 48.9 Å². The zero-order valence-corrected chi connectivity index (χ0v) is 20.4. The molecular weight excluding hydrogens is 470 g/mol. The number of benzene rings is 1. The third kappa shape index (κ3) is 4.02. The smallest absolute Gasteiger partial charge is 0.262 e. The van der Waals surface area contributed by atoms with E-state index < -0.39 is 0 Å². The highest BCUT2D eigenvalue weighted by Gasteiger charge is 2.16. The SMILES string of the molecule is COc1ccc(-n2c(C)cc(-c3csc(NC(=O)Cn4cnc5sccc5c4=O)n3)c2C)cc1. The maximum atomic E-state index is 12.6. The summed E-state index contributed by atoms with van der Waals surface area (Å²) in [6.45, 7) is 3.97. The molecule has 5 aromatic rings. The summed E-state index contributed by atoms with van der Waals surface area (Å²) in [5, 5.41) is 7.52. The normalized spacial score (nSPS) is 11.1. The number of nitrogens with zero attached hydrogens (tertiary/aromatic N) is 4. The van der Waals surface area contributed by atoms with Crippen LogP contribution in [0.4, 0.5) is 5.13 Å². The second-order valence-electron chi connectivity index (χ2n) is 7.72. The Hall–Kier alpha value is -3.76. The van der Waals surface area contributed by atoms with Crippen molar-refractivity contribution in [1.82, 2.24) is 19.1 Å². The molecule has 0 saturated heterocycles. The van der Waals surface area contributed by atoms with Crippen molar-refractivity contribution in [1.29, 1.82) is 0 Å². The van der Waals surface area contributed by atoms with Crippen molar-refractivity contribution in [2.24, 2.45) is 0 Å². The molecule has 1 amide bonds. The van der Waals surface area contributed by atoms with E-state index >= 15 is 0 Å². The fraction of sp³-hybridized carbons (Fsp3) is 0.167. The fourth-order valence-corrected chi connectivity index (χ4v) is 5.38. The molecule has 1 N–H and O–H groups in total. The number of hydrogen-bond acceptors (Lipinski definition) is 7. The second kappa shape index (κ2) is 8.88. The lowest BCUT2D eigenvalue weighted by atomic mass is 10.2. The van der Waals surface area contributed by atoms with Gasteiger partial charge in [-0.05, 0) is 55.6 Å². The lowest BCUT2D eigenvalue weighted by Gasteiger charge is -2.10. The molecule has 0 aliphatic heterocycles. The van der Waals surface area contributed by atoms with Gasteiger partial charge in [-0.2, -0.15) is 0 Å². The number of rotatable bonds is 6. The second-order valence-corrected chi connectivity index (χ2v) is 9.47. The largest absolute Gasteiger partial charge is 0.497 e. The van der Waals surface area contributed by atoms with Gasteiger partial charge in [-0.3, -0.25) is 14.2 Å². The van der Waals surface area contributed by atoms with Crippen molar-refractivity contribution in [3.63, 3.8) is 0 Å². The lowest BCUT2D eigenvalue weighted by Crippen LogP contribution is -2.27. The van der Waals surface area contributed by atoms with Crippen molar-refractivity contribution >= 4 is 43.9 Å². The van der Waals surface area contributed by atoms with E-state index in [9.17, 15) is 9.59 Å². The van der Waals surface area contributed by atoms with Crippen molar-refractivity contribution in [2.75, 3.05) is 12.4 Å². The molecule has 8 nitrogen and oxygen atoms in total. The monoisotopic (exact) mass is 491 g/mol. The molecule has 34 heavy (non-hydrogen) atoms. The number of aromatic nitrogens is 4. The Labute approximate surface area is 203 Å². The predicted octanol–water partition coefficient (Wildman–Crippen LogP) is 4.64. The minimum atomic E-state index is -0.330. The molecule has 172 valence electrons. The molecule has 0 aliphatic carbocycles. The van der Waals surface area contributed by atoms with Crippen LogP contribution in [-0.4, -0.2) is 32.1 Å². The van der Waals surface area contributed by atoms with Gasteiger partial charge in [0.2, 0.25) is 5.91 Å². The molecule has 4 heterocycles. The molecule has 0 atom stereocenters. The van der Waals surface area contributed by atoms with Crippen LogP contribution in [0.3, 0.4) is 0 Å². The first-order valence-corrected chi connectivity index (χ1v) is 12.2. The Morgan fingerprint density at radius 2 is 1.94 bits per heavy atom. The minimum Gasteiger partial charge on any atom is -0.497 e. The summed E-state index contributed by atoms with van der Waals surface area (Å²) in [6.07, 6.45) is 1.40. The molecule has 10 heteroatoms. The Morgan fingerprint density at radius 1 is 1.15 bits per heavy atom. The van der Waals surface area contributed by atoms with Gasteiger partial charge in [0.25, 0.3) is 5.56 Å². The van der Waals surface area contributed by atoms with Gasteiger partial charge in [0, 0.05) is 28.0 Å². The van der Waals surface area contributed by atoms with Gasteiger partial charge in [-0.1, -0.05) is 0 Å². The lowest BCUT2D eigenvalue weighted by molar-refractivity contribution is -0.116. The van der Waals surface area contributed by atoms with Gasteiger partial charge >= 0.3 is 0 Å². The Bertz CT molecular complexity index is 1560. The van der Waals surface area contributed by atoms with Crippen LogP contribution in [0.25, 0.3) is 27.2 Å². The van der Waals surface area contributed by atoms with Crippen LogP contribution in [0.5, 0.6) is 5.75 Å². The van der Waals surface area contributed by atoms with Gasteiger partial charge in [0.15, 0.2) is 5.13 Å². The molecule has 0 bridgehead atoms. The number of methoxy groups -OCH3 is 1. The molecule has 0 unspecified atom stereocenters. The fourth-order valence-electron chi connectivity index (χ4n) is 3.93. The van der Waals surface area contributed by atoms with Gasteiger partial charge in [0.05, 0.1) is 24.5 Å². The number of hydrogen-bond donors (Lipinski definition) is 1. The van der Waals surface area contributed by atoms with Crippen LogP contribution < -0.4 is 15.6 Å². The number of thiophene rings is 1. The summed E-state index contributed by atoms with van der Waals surface area (Å²) in [7, 11) is 1.65. The van der Waals surface area contributed by atoms with E-state index in [2.05, 4.69) is 25.9 Å².